The van der Waals surface area contributed by atoms with Crippen LogP contribution in [0.1, 0.15) is 10.4 Å². The predicted octanol–water partition coefficient (Wildman–Crippen LogP) is 5.42. The monoisotopic (exact) mass is 495 g/mol. The molecule has 0 bridgehead atoms. The molecule has 1 amide bonds. The van der Waals surface area contributed by atoms with E-state index in [0.717, 1.165) is 5.69 Å². The van der Waals surface area contributed by atoms with E-state index >= 15 is 0 Å². The van der Waals surface area contributed by atoms with Gasteiger partial charge in [0, 0.05) is 23.5 Å². The number of amides is 1. The third kappa shape index (κ3) is 5.22. The van der Waals surface area contributed by atoms with Gasteiger partial charge in [-0.15, -0.1) is 0 Å². The van der Waals surface area contributed by atoms with Crippen LogP contribution in [0.15, 0.2) is 72.9 Å². The highest BCUT2D eigenvalue weighted by atomic mass is 19.3. The predicted molar refractivity (Wildman–Crippen MR) is 130 cm³/mol. The number of anilines is 1. The summed E-state index contributed by atoms with van der Waals surface area (Å²) in [5.41, 5.74) is 2.23. The summed E-state index contributed by atoms with van der Waals surface area (Å²) in [6, 6.07) is 18.7. The summed E-state index contributed by atoms with van der Waals surface area (Å²) in [4.78, 5) is 13.4. The fourth-order valence-electron chi connectivity index (χ4n) is 3.59. The molecule has 0 fully saturated rings. The smallest absolute Gasteiger partial charge is 0.387 e. The topological polar surface area (TPSA) is 83.8 Å². The van der Waals surface area contributed by atoms with E-state index in [1.807, 2.05) is 30.3 Å². The number of nitrogens with zero attached hydrogens (tertiary/aromatic N) is 2. The number of carbonyl (C=O) groups is 1. The number of hydrogen-bond acceptors (Lipinski definition) is 6. The number of methoxy groups -OCH3 is 3. The Balaban J connectivity index is 1.75. The summed E-state index contributed by atoms with van der Waals surface area (Å²) in [6.07, 6.45) is 1.59. The molecular formula is C26H23F2N3O5. The zero-order valence-electron chi connectivity index (χ0n) is 19.7. The molecule has 8 nitrogen and oxygen atoms in total. The number of benzene rings is 3. The van der Waals surface area contributed by atoms with Gasteiger partial charge in [-0.25, -0.2) is 4.68 Å². The second-order valence-corrected chi connectivity index (χ2v) is 7.44. The molecule has 186 valence electrons. The average Bonchev–Trinajstić information content (AvgIpc) is 3.34. The van der Waals surface area contributed by atoms with Gasteiger partial charge in [-0.2, -0.15) is 13.9 Å². The van der Waals surface area contributed by atoms with Gasteiger partial charge in [0.1, 0.15) is 5.69 Å². The maximum atomic E-state index is 13.4. The maximum Gasteiger partial charge on any atom is 0.387 e. The second kappa shape index (κ2) is 10.8. The molecule has 0 spiro atoms. The zero-order chi connectivity index (χ0) is 25.7. The van der Waals surface area contributed by atoms with Gasteiger partial charge in [-0.05, 0) is 42.5 Å². The van der Waals surface area contributed by atoms with Gasteiger partial charge in [0.05, 0.1) is 32.6 Å². The SMILES string of the molecule is COc1ccc(-c2nn(-c3ccccc3)cc2C(=O)Nc2ccc(OC)c(OC(F)F)c2)cc1OC. The number of aromatic nitrogens is 2. The summed E-state index contributed by atoms with van der Waals surface area (Å²) >= 11 is 0. The van der Waals surface area contributed by atoms with Crippen LogP contribution < -0.4 is 24.3 Å². The van der Waals surface area contributed by atoms with Gasteiger partial charge < -0.3 is 24.3 Å². The molecular weight excluding hydrogens is 472 g/mol. The Bertz CT molecular complexity index is 1360. The Hall–Kier alpha value is -4.60. The van der Waals surface area contributed by atoms with E-state index in [-0.39, 0.29) is 22.7 Å². The fraction of sp³-hybridized carbons (Fsp3) is 0.154. The van der Waals surface area contributed by atoms with Crippen molar-refractivity contribution in [2.75, 3.05) is 26.6 Å². The first-order valence-corrected chi connectivity index (χ1v) is 10.7. The number of para-hydroxylation sites is 1. The normalized spacial score (nSPS) is 10.7. The molecule has 36 heavy (non-hydrogen) atoms. The first-order chi connectivity index (χ1) is 17.4. The summed E-state index contributed by atoms with van der Waals surface area (Å²) in [5.74, 6) is 0.399. The van der Waals surface area contributed by atoms with Crippen molar-refractivity contribution in [3.05, 3.63) is 78.5 Å². The minimum atomic E-state index is -3.05. The first-order valence-electron chi connectivity index (χ1n) is 10.7. The molecule has 0 aliphatic carbocycles. The van der Waals surface area contributed by atoms with Crippen LogP contribution >= 0.6 is 0 Å². The van der Waals surface area contributed by atoms with Crippen molar-refractivity contribution in [2.24, 2.45) is 0 Å². The van der Waals surface area contributed by atoms with E-state index in [4.69, 9.17) is 14.2 Å². The number of nitrogens with one attached hydrogen (secondary N) is 1. The van der Waals surface area contributed by atoms with Crippen molar-refractivity contribution in [1.29, 1.82) is 0 Å². The van der Waals surface area contributed by atoms with Crippen LogP contribution in [-0.4, -0.2) is 43.6 Å². The van der Waals surface area contributed by atoms with Crippen LogP contribution in [0.5, 0.6) is 23.0 Å². The summed E-state index contributed by atoms with van der Waals surface area (Å²) in [5, 5.41) is 7.36. The molecule has 1 aromatic heterocycles. The standard InChI is InChI=1S/C26H23F2N3O5/c1-33-20-11-9-16(13-22(20)35-3)24-19(15-31(30-24)18-7-5-4-6-8-18)25(32)29-17-10-12-21(34-2)23(14-17)36-26(27)28/h4-15,26H,1-3H3,(H,29,32). The van der Waals surface area contributed by atoms with Crippen LogP contribution in [0.25, 0.3) is 16.9 Å². The van der Waals surface area contributed by atoms with Gasteiger partial charge in [-0.1, -0.05) is 18.2 Å². The first kappa shape index (κ1) is 24.5. The lowest BCUT2D eigenvalue weighted by atomic mass is 10.1. The van der Waals surface area contributed by atoms with E-state index < -0.39 is 12.5 Å². The van der Waals surface area contributed by atoms with Crippen LogP contribution in [0.3, 0.4) is 0 Å². The van der Waals surface area contributed by atoms with Crippen LogP contribution in [0.2, 0.25) is 0 Å². The largest absolute Gasteiger partial charge is 0.493 e. The Labute approximate surface area is 206 Å². The van der Waals surface area contributed by atoms with Gasteiger partial charge in [-0.3, -0.25) is 4.79 Å². The van der Waals surface area contributed by atoms with Crippen LogP contribution in [0.4, 0.5) is 14.5 Å². The number of rotatable bonds is 9. The molecule has 0 aliphatic rings. The summed E-state index contributed by atoms with van der Waals surface area (Å²) in [7, 11) is 4.38. The van der Waals surface area contributed by atoms with E-state index in [2.05, 4.69) is 15.2 Å². The third-order valence-corrected chi connectivity index (χ3v) is 5.27. The fourth-order valence-corrected chi connectivity index (χ4v) is 3.59. The van der Waals surface area contributed by atoms with E-state index in [0.29, 0.717) is 22.8 Å². The summed E-state index contributed by atoms with van der Waals surface area (Å²) in [6.45, 7) is -3.05. The summed E-state index contributed by atoms with van der Waals surface area (Å²) < 4.78 is 47.5. The second-order valence-electron chi connectivity index (χ2n) is 7.44. The van der Waals surface area contributed by atoms with Crippen molar-refractivity contribution in [1.82, 2.24) is 9.78 Å². The number of ether oxygens (including phenoxy) is 4. The Morgan fingerprint density at radius 2 is 1.53 bits per heavy atom. The quantitative estimate of drug-likeness (QED) is 0.334. The molecule has 10 heteroatoms. The van der Waals surface area contributed by atoms with E-state index in [9.17, 15) is 13.6 Å². The highest BCUT2D eigenvalue weighted by Gasteiger charge is 2.21. The molecule has 0 saturated heterocycles. The van der Waals surface area contributed by atoms with Crippen molar-refractivity contribution in [3.63, 3.8) is 0 Å². The third-order valence-electron chi connectivity index (χ3n) is 5.27. The van der Waals surface area contributed by atoms with E-state index in [1.165, 1.54) is 39.5 Å². The van der Waals surface area contributed by atoms with E-state index in [1.54, 1.807) is 29.1 Å². The van der Waals surface area contributed by atoms with Crippen molar-refractivity contribution >= 4 is 11.6 Å². The molecule has 0 aliphatic heterocycles. The highest BCUT2D eigenvalue weighted by molar-refractivity contribution is 6.08. The molecule has 4 rings (SSSR count). The molecule has 0 unspecified atom stereocenters. The van der Waals surface area contributed by atoms with Gasteiger partial charge in [0.15, 0.2) is 23.0 Å². The van der Waals surface area contributed by atoms with Crippen molar-refractivity contribution < 1.29 is 32.5 Å². The number of carbonyl (C=O) groups excluding carboxylic acids is 1. The number of halogens is 2. The number of alkyl halides is 2. The molecule has 0 radical (unpaired) electrons. The highest BCUT2D eigenvalue weighted by Crippen LogP contribution is 2.35. The van der Waals surface area contributed by atoms with Crippen LogP contribution in [0, 0.1) is 0 Å². The van der Waals surface area contributed by atoms with Gasteiger partial charge in [0.25, 0.3) is 5.91 Å². The average molecular weight is 495 g/mol. The van der Waals surface area contributed by atoms with Crippen molar-refractivity contribution in [2.45, 2.75) is 6.61 Å². The lowest BCUT2D eigenvalue weighted by Gasteiger charge is -2.12. The molecule has 3 aromatic carbocycles. The molecule has 4 aromatic rings. The minimum Gasteiger partial charge on any atom is -0.493 e. The molecule has 0 saturated carbocycles. The lowest BCUT2D eigenvalue weighted by molar-refractivity contribution is -0.0511. The zero-order valence-corrected chi connectivity index (χ0v) is 19.7. The lowest BCUT2D eigenvalue weighted by Crippen LogP contribution is -2.13. The molecule has 1 heterocycles. The maximum absolute atomic E-state index is 13.4. The van der Waals surface area contributed by atoms with Gasteiger partial charge >= 0.3 is 6.61 Å². The Morgan fingerprint density at radius 1 is 0.861 bits per heavy atom. The van der Waals surface area contributed by atoms with Crippen LogP contribution in [-0.2, 0) is 0 Å². The Morgan fingerprint density at radius 3 is 2.19 bits per heavy atom. The molecule has 0 atom stereocenters. The molecule has 1 N–H and O–H groups in total. The van der Waals surface area contributed by atoms with Crippen molar-refractivity contribution in [3.8, 4) is 39.9 Å². The minimum absolute atomic E-state index is 0.108. The Kier molecular flexibility index (Phi) is 7.33. The van der Waals surface area contributed by atoms with Gasteiger partial charge in [0.2, 0.25) is 0 Å². The number of hydrogen-bond donors (Lipinski definition) is 1.